The molecule has 40 valence electrons. The van der Waals surface area contributed by atoms with E-state index in [0.29, 0.717) is 0 Å². The van der Waals surface area contributed by atoms with Crippen LogP contribution in [0.5, 0.6) is 0 Å². The third kappa shape index (κ3) is 22.5. The molecule has 0 unspecified atom stereocenters. The summed E-state index contributed by atoms with van der Waals surface area (Å²) in [4.78, 5) is 0. The SMILES string of the molecule is CCP=O.Cl.Cl. The molecule has 0 aromatic carbocycles. The van der Waals surface area contributed by atoms with Gasteiger partial charge in [0.2, 0.25) is 0 Å². The van der Waals surface area contributed by atoms with Crippen molar-refractivity contribution in [3.8, 4) is 0 Å². The van der Waals surface area contributed by atoms with Gasteiger partial charge in [-0.2, -0.15) is 0 Å². The van der Waals surface area contributed by atoms with Gasteiger partial charge in [-0.15, -0.1) is 24.8 Å². The van der Waals surface area contributed by atoms with E-state index in [-0.39, 0.29) is 33.3 Å². The van der Waals surface area contributed by atoms with Crippen molar-refractivity contribution in [1.82, 2.24) is 0 Å². The van der Waals surface area contributed by atoms with Crippen LogP contribution in [-0.4, -0.2) is 6.16 Å². The Kier molecular flexibility index (Phi) is 45.9. The van der Waals surface area contributed by atoms with E-state index < -0.39 is 0 Å². The predicted molar refractivity (Wildman–Crippen MR) is 32.6 cm³/mol. The second-order valence-electron chi connectivity index (χ2n) is 0.445. The molecule has 0 N–H and O–H groups in total. The van der Waals surface area contributed by atoms with Crippen LogP contribution >= 0.6 is 33.3 Å². The Morgan fingerprint density at radius 3 is 1.67 bits per heavy atom. The van der Waals surface area contributed by atoms with Gasteiger partial charge >= 0.3 is 0 Å². The van der Waals surface area contributed by atoms with E-state index in [1.807, 2.05) is 6.92 Å². The molecule has 0 aliphatic rings. The van der Waals surface area contributed by atoms with Gasteiger partial charge in [-0.25, -0.2) is 0 Å². The van der Waals surface area contributed by atoms with Gasteiger partial charge in [0.1, 0.15) is 0 Å². The third-order valence-corrected chi connectivity index (χ3v) is 0.387. The molecule has 0 aromatic rings. The van der Waals surface area contributed by atoms with Crippen molar-refractivity contribution in [2.24, 2.45) is 0 Å². The Labute approximate surface area is 51.5 Å². The average molecular weight is 149 g/mol. The van der Waals surface area contributed by atoms with Gasteiger partial charge in [-0.1, -0.05) is 6.92 Å². The van der Waals surface area contributed by atoms with Crippen molar-refractivity contribution in [1.29, 1.82) is 0 Å². The molecular formula is C2H7Cl2OP. The third-order valence-electron chi connectivity index (χ3n) is 0.129. The molecule has 4 heteroatoms. The van der Waals surface area contributed by atoms with Crippen LogP contribution < -0.4 is 0 Å². The van der Waals surface area contributed by atoms with Gasteiger partial charge in [-0.05, 0) is 0 Å². The lowest BCUT2D eigenvalue weighted by Gasteiger charge is -1.49. The predicted octanol–water partition coefficient (Wildman–Crippen LogP) is 2.14. The van der Waals surface area contributed by atoms with Gasteiger partial charge in [0.25, 0.3) is 0 Å². The first kappa shape index (κ1) is 15.9. The van der Waals surface area contributed by atoms with E-state index in [1.54, 1.807) is 0 Å². The monoisotopic (exact) mass is 148 g/mol. The zero-order chi connectivity index (χ0) is 3.41. The summed E-state index contributed by atoms with van der Waals surface area (Å²) >= 11 is 0. The maximum Gasteiger partial charge on any atom is 0.154 e. The van der Waals surface area contributed by atoms with Gasteiger partial charge in [0.15, 0.2) is 8.46 Å². The molecule has 0 aliphatic heterocycles. The van der Waals surface area contributed by atoms with Crippen LogP contribution in [0.2, 0.25) is 0 Å². The number of rotatable bonds is 1. The van der Waals surface area contributed by atoms with E-state index in [0.717, 1.165) is 6.16 Å². The van der Waals surface area contributed by atoms with Gasteiger partial charge < -0.3 is 0 Å². The summed E-state index contributed by atoms with van der Waals surface area (Å²) in [6.45, 7) is 1.86. The van der Waals surface area contributed by atoms with Crippen LogP contribution in [0.1, 0.15) is 6.92 Å². The lowest BCUT2D eigenvalue weighted by molar-refractivity contribution is 0.599. The van der Waals surface area contributed by atoms with E-state index >= 15 is 0 Å². The summed E-state index contributed by atoms with van der Waals surface area (Å²) in [5.74, 6) is 0. The molecule has 0 amide bonds. The number of hydrogen-bond donors (Lipinski definition) is 0. The Morgan fingerprint density at radius 1 is 1.50 bits per heavy atom. The summed E-state index contributed by atoms with van der Waals surface area (Å²) in [5, 5.41) is 0. The second-order valence-corrected chi connectivity index (χ2v) is 1.34. The van der Waals surface area contributed by atoms with Crippen LogP contribution in [-0.2, 0) is 4.57 Å². The molecule has 0 bridgehead atoms. The summed E-state index contributed by atoms with van der Waals surface area (Å²) in [6, 6.07) is 0. The molecule has 6 heavy (non-hydrogen) atoms. The minimum Gasteiger partial charge on any atom is -0.275 e. The van der Waals surface area contributed by atoms with Crippen LogP contribution in [0.25, 0.3) is 0 Å². The molecular weight excluding hydrogens is 142 g/mol. The summed E-state index contributed by atoms with van der Waals surface area (Å²) < 4.78 is 9.27. The van der Waals surface area contributed by atoms with Gasteiger partial charge in [-0.3, -0.25) is 4.57 Å². The van der Waals surface area contributed by atoms with Crippen LogP contribution in [0.3, 0.4) is 0 Å². The molecule has 0 spiro atoms. The van der Waals surface area contributed by atoms with Crippen molar-refractivity contribution in [3.63, 3.8) is 0 Å². The first-order chi connectivity index (χ1) is 1.91. The fourth-order valence-corrected chi connectivity index (χ4v) is 0. The van der Waals surface area contributed by atoms with E-state index in [2.05, 4.69) is 0 Å². The highest BCUT2D eigenvalue weighted by Gasteiger charge is 1.55. The normalized spacial score (nSPS) is 5.50. The highest BCUT2D eigenvalue weighted by atomic mass is 35.5. The van der Waals surface area contributed by atoms with Crippen LogP contribution in [0.4, 0.5) is 0 Å². The molecule has 1 nitrogen and oxygen atoms in total. The Morgan fingerprint density at radius 2 is 1.67 bits per heavy atom. The van der Waals surface area contributed by atoms with E-state index in [4.69, 9.17) is 0 Å². The number of halogens is 2. The minimum atomic E-state index is 0. The van der Waals surface area contributed by atoms with E-state index in [1.165, 1.54) is 0 Å². The van der Waals surface area contributed by atoms with Gasteiger partial charge in [0, 0.05) is 6.16 Å². The second kappa shape index (κ2) is 17.3. The van der Waals surface area contributed by atoms with Crippen LogP contribution in [0.15, 0.2) is 0 Å². The van der Waals surface area contributed by atoms with Gasteiger partial charge in [0.05, 0.1) is 0 Å². The summed E-state index contributed by atoms with van der Waals surface area (Å²) in [6.07, 6.45) is 0.736. The van der Waals surface area contributed by atoms with E-state index in [9.17, 15) is 4.57 Å². The van der Waals surface area contributed by atoms with Crippen LogP contribution in [0, 0.1) is 0 Å². The number of hydrogen-bond acceptors (Lipinski definition) is 1. The van der Waals surface area contributed by atoms with Crippen molar-refractivity contribution >= 4 is 33.3 Å². The summed E-state index contributed by atoms with van der Waals surface area (Å²) in [5.41, 5.74) is 0. The zero-order valence-electron chi connectivity index (χ0n) is 3.38. The standard InChI is InChI=1S/C2H5OP.2ClH/c1-2-4-3;;/h2H2,1H3;2*1H. The Bertz CT molecular complexity index is 25.5. The Hall–Kier alpha value is 0.680. The first-order valence-corrected chi connectivity index (χ1v) is 2.20. The van der Waals surface area contributed by atoms with Crippen molar-refractivity contribution < 1.29 is 4.57 Å². The highest BCUT2D eigenvalue weighted by molar-refractivity contribution is 7.23. The smallest absolute Gasteiger partial charge is 0.154 e. The van der Waals surface area contributed by atoms with Crippen molar-refractivity contribution in [3.05, 3.63) is 0 Å². The topological polar surface area (TPSA) is 17.1 Å². The first-order valence-electron chi connectivity index (χ1n) is 1.21. The maximum absolute atomic E-state index is 9.27. The molecule has 0 radical (unpaired) electrons. The minimum absolute atomic E-state index is 0. The largest absolute Gasteiger partial charge is 0.275 e. The molecule has 0 fully saturated rings. The zero-order valence-corrected chi connectivity index (χ0v) is 5.91. The fraction of sp³-hybridized carbons (Fsp3) is 1.00. The molecule has 0 atom stereocenters. The summed E-state index contributed by atoms with van der Waals surface area (Å²) in [7, 11) is 0.248. The fourth-order valence-electron chi connectivity index (χ4n) is 0. The lowest BCUT2D eigenvalue weighted by Crippen LogP contribution is -1.39. The molecule has 0 aromatic heterocycles. The lowest BCUT2D eigenvalue weighted by atomic mass is 11.0. The molecule has 0 aliphatic carbocycles. The molecule has 0 saturated carbocycles. The average Bonchev–Trinajstić information content (AvgIpc) is 1.37. The molecule has 0 rings (SSSR count). The molecule has 0 saturated heterocycles. The molecule has 0 heterocycles. The Balaban J connectivity index is -0.0000000450. The highest BCUT2D eigenvalue weighted by Crippen LogP contribution is 1.82. The van der Waals surface area contributed by atoms with Crippen molar-refractivity contribution in [2.45, 2.75) is 6.92 Å². The van der Waals surface area contributed by atoms with Crippen molar-refractivity contribution in [2.75, 3.05) is 6.16 Å². The maximum atomic E-state index is 9.27. The quantitative estimate of drug-likeness (QED) is 0.522.